The zero-order valence-corrected chi connectivity index (χ0v) is 31.5. The first-order valence-electron chi connectivity index (χ1n) is 20.6. The third kappa shape index (κ3) is 38.3. The molecule has 0 aliphatic heterocycles. The van der Waals surface area contributed by atoms with Crippen LogP contribution in [0.3, 0.4) is 0 Å². The Morgan fingerprint density at radius 1 is 0.341 bits per heavy atom. The Hall–Kier alpha value is 0.150. The van der Waals surface area contributed by atoms with Gasteiger partial charge in [0.15, 0.2) is 0 Å². The van der Waals surface area contributed by atoms with E-state index in [-0.39, 0.29) is 0 Å². The molecular formula is C40H83O3P. The Labute approximate surface area is 278 Å². The fraction of sp³-hybridized carbons (Fsp3) is 1.00. The molecular weight excluding hydrogens is 559 g/mol. The molecule has 1 N–H and O–H groups in total. The first-order chi connectivity index (χ1) is 21.6. The average Bonchev–Trinajstić information content (AvgIpc) is 3.01. The monoisotopic (exact) mass is 643 g/mol. The lowest BCUT2D eigenvalue weighted by Crippen LogP contribution is -1.97. The van der Waals surface area contributed by atoms with Crippen molar-refractivity contribution < 1.29 is 14.0 Å². The van der Waals surface area contributed by atoms with Crippen molar-refractivity contribution in [3.63, 3.8) is 0 Å². The number of rotatable bonds is 39. The van der Waals surface area contributed by atoms with Crippen LogP contribution in [0.2, 0.25) is 0 Å². The molecule has 0 aromatic heterocycles. The molecule has 3 nitrogen and oxygen atoms in total. The molecule has 0 saturated carbocycles. The summed E-state index contributed by atoms with van der Waals surface area (Å²) in [5.41, 5.74) is 0. The highest BCUT2D eigenvalue weighted by Gasteiger charge is 2.17. The van der Waals surface area contributed by atoms with E-state index in [1.165, 1.54) is 205 Å². The van der Waals surface area contributed by atoms with Crippen LogP contribution < -0.4 is 0 Å². The van der Waals surface area contributed by atoms with Crippen LogP contribution in [0.15, 0.2) is 0 Å². The summed E-state index contributed by atoms with van der Waals surface area (Å²) < 4.78 is 17.7. The highest BCUT2D eigenvalue weighted by atomic mass is 31.2. The van der Waals surface area contributed by atoms with E-state index in [4.69, 9.17) is 4.52 Å². The third-order valence-corrected chi connectivity index (χ3v) is 11.1. The van der Waals surface area contributed by atoms with E-state index in [1.54, 1.807) is 0 Å². The molecule has 0 rings (SSSR count). The molecule has 0 aliphatic carbocycles. The number of hydrogen-bond acceptors (Lipinski definition) is 2. The van der Waals surface area contributed by atoms with Crippen LogP contribution in [0, 0.1) is 0 Å². The van der Waals surface area contributed by atoms with Crippen molar-refractivity contribution in [2.24, 2.45) is 0 Å². The molecule has 0 aliphatic rings. The van der Waals surface area contributed by atoms with E-state index in [2.05, 4.69) is 13.8 Å². The van der Waals surface area contributed by atoms with E-state index < -0.39 is 7.60 Å². The summed E-state index contributed by atoms with van der Waals surface area (Å²) >= 11 is 0. The summed E-state index contributed by atoms with van der Waals surface area (Å²) in [6, 6.07) is 0. The van der Waals surface area contributed by atoms with E-state index in [0.717, 1.165) is 25.7 Å². The minimum atomic E-state index is -3.38. The second-order valence-corrected chi connectivity index (χ2v) is 16.2. The van der Waals surface area contributed by atoms with Crippen LogP contribution in [0.1, 0.15) is 245 Å². The fourth-order valence-corrected chi connectivity index (χ4v) is 7.66. The van der Waals surface area contributed by atoms with Gasteiger partial charge in [-0.25, -0.2) is 0 Å². The number of hydrogen-bond donors (Lipinski definition) is 1. The van der Waals surface area contributed by atoms with Crippen molar-refractivity contribution >= 4 is 7.60 Å². The van der Waals surface area contributed by atoms with Crippen LogP contribution in [0.5, 0.6) is 0 Å². The summed E-state index contributed by atoms with van der Waals surface area (Å²) in [6.07, 6.45) is 48.8. The summed E-state index contributed by atoms with van der Waals surface area (Å²) in [7, 11) is -3.38. The summed E-state index contributed by atoms with van der Waals surface area (Å²) in [4.78, 5) is 10.1. The van der Waals surface area contributed by atoms with Crippen LogP contribution in [-0.2, 0) is 9.09 Å². The fourth-order valence-electron chi connectivity index (χ4n) is 6.49. The lowest BCUT2D eigenvalue weighted by atomic mass is 10.0. The van der Waals surface area contributed by atoms with Crippen molar-refractivity contribution in [2.75, 3.05) is 12.8 Å². The van der Waals surface area contributed by atoms with Gasteiger partial charge in [-0.3, -0.25) is 4.57 Å². The lowest BCUT2D eigenvalue weighted by molar-refractivity contribution is 0.251. The van der Waals surface area contributed by atoms with Gasteiger partial charge in [0, 0.05) is 6.16 Å². The first-order valence-corrected chi connectivity index (χ1v) is 22.3. The molecule has 0 spiro atoms. The minimum absolute atomic E-state index is 0.338. The zero-order chi connectivity index (χ0) is 32.1. The van der Waals surface area contributed by atoms with Gasteiger partial charge in [-0.2, -0.15) is 0 Å². The van der Waals surface area contributed by atoms with Crippen molar-refractivity contribution in [1.82, 2.24) is 0 Å². The zero-order valence-electron chi connectivity index (χ0n) is 30.6. The van der Waals surface area contributed by atoms with Gasteiger partial charge in [-0.15, -0.1) is 0 Å². The van der Waals surface area contributed by atoms with Crippen molar-refractivity contribution in [3.8, 4) is 0 Å². The Bertz CT molecular complexity index is 567. The predicted octanol–water partition coefficient (Wildman–Crippen LogP) is 15.3. The predicted molar refractivity (Wildman–Crippen MR) is 198 cm³/mol. The standard InChI is InChI=1S/C40H83O3P/c1-3-5-7-9-11-13-15-17-19-21-23-25-27-29-31-33-35-37-39-43-44(41,42)40-38-36-34-32-30-28-26-24-22-20-18-16-14-12-10-8-6-4-2/h3-40H2,1-2H3,(H,41,42). The second-order valence-electron chi connectivity index (χ2n) is 14.2. The highest BCUT2D eigenvalue weighted by molar-refractivity contribution is 7.52. The van der Waals surface area contributed by atoms with Gasteiger partial charge in [-0.1, -0.05) is 232 Å². The first kappa shape index (κ1) is 44.1. The molecule has 0 aromatic carbocycles. The summed E-state index contributed by atoms with van der Waals surface area (Å²) in [6.45, 7) is 5.03. The van der Waals surface area contributed by atoms with Crippen LogP contribution in [0.4, 0.5) is 0 Å². The van der Waals surface area contributed by atoms with Gasteiger partial charge in [0.25, 0.3) is 0 Å². The SMILES string of the molecule is CCCCCCCCCCCCCCCCCCCCOP(=O)(O)CCCCCCCCCCCCCCCCCCCC. The van der Waals surface area contributed by atoms with E-state index >= 15 is 0 Å². The lowest BCUT2D eigenvalue weighted by Gasteiger charge is -2.12. The molecule has 1 atom stereocenters. The van der Waals surface area contributed by atoms with E-state index in [9.17, 15) is 9.46 Å². The van der Waals surface area contributed by atoms with E-state index in [1.807, 2.05) is 0 Å². The van der Waals surface area contributed by atoms with Crippen molar-refractivity contribution in [1.29, 1.82) is 0 Å². The third-order valence-electron chi connectivity index (χ3n) is 9.59. The molecule has 0 bridgehead atoms. The molecule has 44 heavy (non-hydrogen) atoms. The maximum Gasteiger partial charge on any atom is 0.328 e. The van der Waals surface area contributed by atoms with Crippen molar-refractivity contribution in [2.45, 2.75) is 245 Å². The van der Waals surface area contributed by atoms with Gasteiger partial charge in [0.1, 0.15) is 0 Å². The molecule has 4 heteroatoms. The highest BCUT2D eigenvalue weighted by Crippen LogP contribution is 2.43. The normalized spacial score (nSPS) is 13.1. The molecule has 266 valence electrons. The topological polar surface area (TPSA) is 46.5 Å². The minimum Gasteiger partial charge on any atom is -0.324 e. The molecule has 0 aromatic rings. The number of unbranched alkanes of at least 4 members (excludes halogenated alkanes) is 34. The van der Waals surface area contributed by atoms with Gasteiger partial charge in [-0.05, 0) is 12.8 Å². The molecule has 0 fully saturated rings. The average molecular weight is 643 g/mol. The molecule has 1 unspecified atom stereocenters. The Morgan fingerprint density at radius 2 is 0.545 bits per heavy atom. The van der Waals surface area contributed by atoms with Gasteiger partial charge < -0.3 is 9.42 Å². The molecule has 0 saturated heterocycles. The largest absolute Gasteiger partial charge is 0.328 e. The molecule has 0 amide bonds. The summed E-state index contributed by atoms with van der Waals surface area (Å²) in [5, 5.41) is 0. The van der Waals surface area contributed by atoms with Gasteiger partial charge >= 0.3 is 7.60 Å². The van der Waals surface area contributed by atoms with E-state index in [0.29, 0.717) is 12.8 Å². The summed E-state index contributed by atoms with van der Waals surface area (Å²) in [5.74, 6) is 0. The Morgan fingerprint density at radius 3 is 0.795 bits per heavy atom. The van der Waals surface area contributed by atoms with Crippen LogP contribution in [-0.4, -0.2) is 17.7 Å². The van der Waals surface area contributed by atoms with Crippen LogP contribution >= 0.6 is 7.60 Å². The van der Waals surface area contributed by atoms with Gasteiger partial charge in [0.05, 0.1) is 6.61 Å². The Balaban J connectivity index is 3.26. The maximum absolute atomic E-state index is 12.3. The quantitative estimate of drug-likeness (QED) is 0.0536. The smallest absolute Gasteiger partial charge is 0.324 e. The maximum atomic E-state index is 12.3. The molecule has 0 radical (unpaired) electrons. The molecule has 0 heterocycles. The van der Waals surface area contributed by atoms with Gasteiger partial charge in [0.2, 0.25) is 0 Å². The van der Waals surface area contributed by atoms with Crippen LogP contribution in [0.25, 0.3) is 0 Å². The second kappa shape index (κ2) is 37.6. The Kier molecular flexibility index (Phi) is 37.7. The van der Waals surface area contributed by atoms with Crippen molar-refractivity contribution in [3.05, 3.63) is 0 Å².